The van der Waals surface area contributed by atoms with Gasteiger partial charge in [-0.2, -0.15) is 0 Å². The molecule has 3 nitrogen and oxygen atoms in total. The van der Waals surface area contributed by atoms with Crippen LogP contribution in [0.25, 0.3) is 0 Å². The molecule has 0 aromatic heterocycles. The minimum atomic E-state index is -1.03. The highest BCUT2D eigenvalue weighted by Crippen LogP contribution is 2.28. The fraction of sp³-hybridized carbons (Fsp3) is 0.188. The molecule has 0 heterocycles. The number of halogens is 3. The second kappa shape index (κ2) is 7.02. The molecule has 0 saturated heterocycles. The molecule has 0 aliphatic carbocycles. The zero-order valence-electron chi connectivity index (χ0n) is 12.0. The molecule has 0 unspecified atom stereocenters. The van der Waals surface area contributed by atoms with Crippen LogP contribution in [0.1, 0.15) is 13.8 Å². The van der Waals surface area contributed by atoms with Crippen LogP contribution in [0.4, 0.5) is 5.69 Å². The van der Waals surface area contributed by atoms with Gasteiger partial charge in [0.2, 0.25) is 0 Å². The fourth-order valence-electron chi connectivity index (χ4n) is 1.71. The Kier molecular flexibility index (Phi) is 5.53. The number of carbonyl (C=O) groups excluding carboxylic acids is 1. The summed E-state index contributed by atoms with van der Waals surface area (Å²) in [6.07, 6.45) is 0. The molecule has 1 N–H and O–H groups in total. The van der Waals surface area contributed by atoms with E-state index in [1.165, 1.54) is 0 Å². The van der Waals surface area contributed by atoms with Crippen LogP contribution in [-0.4, -0.2) is 11.5 Å². The minimum Gasteiger partial charge on any atom is -0.478 e. The van der Waals surface area contributed by atoms with E-state index in [0.29, 0.717) is 16.5 Å². The van der Waals surface area contributed by atoms with E-state index < -0.39 is 5.60 Å². The Balaban J connectivity index is 2.11. The van der Waals surface area contributed by atoms with Gasteiger partial charge in [0.15, 0.2) is 5.60 Å². The molecule has 1 amide bonds. The molecule has 2 aromatic rings. The van der Waals surface area contributed by atoms with Crippen LogP contribution in [0.3, 0.4) is 0 Å². The molecule has 116 valence electrons. The van der Waals surface area contributed by atoms with Gasteiger partial charge in [-0.15, -0.1) is 0 Å². The minimum absolute atomic E-state index is 0.245. The number of nitrogens with one attached hydrogen (secondary N) is 1. The molecule has 0 atom stereocenters. The molecule has 0 aliphatic rings. The third kappa shape index (κ3) is 4.48. The van der Waals surface area contributed by atoms with Crippen LogP contribution in [0, 0.1) is 0 Å². The molecular weight excluding hydrogens is 433 g/mol. The standard InChI is InChI=1S/C16H14Br2ClNO2/c1-16(2,22-12-6-4-11(19)5-7-12)15(21)20-14-8-3-10(17)9-13(14)18/h3-9H,1-2H3,(H,20,21). The van der Waals surface area contributed by atoms with E-state index in [1.54, 1.807) is 38.1 Å². The first kappa shape index (κ1) is 17.3. The maximum absolute atomic E-state index is 12.4. The van der Waals surface area contributed by atoms with Gasteiger partial charge in [0.05, 0.1) is 5.69 Å². The molecule has 0 aliphatic heterocycles. The zero-order chi connectivity index (χ0) is 16.3. The average Bonchev–Trinajstić information content (AvgIpc) is 2.44. The molecule has 0 radical (unpaired) electrons. The molecule has 22 heavy (non-hydrogen) atoms. The quantitative estimate of drug-likeness (QED) is 0.657. The predicted octanol–water partition coefficient (Wildman–Crippen LogP) is 5.66. The van der Waals surface area contributed by atoms with E-state index >= 15 is 0 Å². The molecule has 2 rings (SSSR count). The van der Waals surface area contributed by atoms with Crippen molar-refractivity contribution in [2.45, 2.75) is 19.4 Å². The number of hydrogen-bond donors (Lipinski definition) is 1. The number of carbonyl (C=O) groups is 1. The smallest absolute Gasteiger partial charge is 0.268 e. The van der Waals surface area contributed by atoms with Crippen molar-refractivity contribution in [3.05, 3.63) is 56.4 Å². The Morgan fingerprint density at radius 2 is 1.77 bits per heavy atom. The van der Waals surface area contributed by atoms with E-state index in [1.807, 2.05) is 18.2 Å². The second-order valence-electron chi connectivity index (χ2n) is 5.14. The van der Waals surface area contributed by atoms with E-state index in [2.05, 4.69) is 37.2 Å². The lowest BCUT2D eigenvalue weighted by Crippen LogP contribution is -2.42. The third-order valence-corrected chi connectivity index (χ3v) is 4.31. The maximum Gasteiger partial charge on any atom is 0.268 e. The van der Waals surface area contributed by atoms with Crippen LogP contribution in [0.2, 0.25) is 5.02 Å². The van der Waals surface area contributed by atoms with Gasteiger partial charge >= 0.3 is 0 Å². The van der Waals surface area contributed by atoms with Gasteiger partial charge in [0.1, 0.15) is 5.75 Å². The van der Waals surface area contributed by atoms with E-state index in [-0.39, 0.29) is 5.91 Å². The Bertz CT molecular complexity index is 687. The van der Waals surface area contributed by atoms with Crippen molar-refractivity contribution in [1.29, 1.82) is 0 Å². The van der Waals surface area contributed by atoms with E-state index in [9.17, 15) is 4.79 Å². The van der Waals surface area contributed by atoms with Crippen molar-refractivity contribution in [2.75, 3.05) is 5.32 Å². The molecule has 0 bridgehead atoms. The number of ether oxygens (including phenoxy) is 1. The van der Waals surface area contributed by atoms with Crippen LogP contribution in [-0.2, 0) is 4.79 Å². The molecule has 0 saturated carbocycles. The van der Waals surface area contributed by atoms with Gasteiger partial charge in [0.25, 0.3) is 5.91 Å². The molecular formula is C16H14Br2ClNO2. The molecule has 0 fully saturated rings. The Morgan fingerprint density at radius 1 is 1.14 bits per heavy atom. The Labute approximate surface area is 151 Å². The van der Waals surface area contributed by atoms with Gasteiger partial charge in [0, 0.05) is 14.0 Å². The number of amides is 1. The Hall–Kier alpha value is -1.04. The third-order valence-electron chi connectivity index (χ3n) is 2.91. The molecule has 2 aromatic carbocycles. The SMILES string of the molecule is CC(C)(Oc1ccc(Cl)cc1)C(=O)Nc1ccc(Br)cc1Br. The van der Waals surface area contributed by atoms with E-state index in [0.717, 1.165) is 8.95 Å². The van der Waals surface area contributed by atoms with Crippen molar-refractivity contribution >= 4 is 55.1 Å². The lowest BCUT2D eigenvalue weighted by atomic mass is 10.1. The van der Waals surface area contributed by atoms with Gasteiger partial charge in [-0.1, -0.05) is 27.5 Å². The predicted molar refractivity (Wildman–Crippen MR) is 96.6 cm³/mol. The maximum atomic E-state index is 12.4. The first-order valence-electron chi connectivity index (χ1n) is 6.49. The van der Waals surface area contributed by atoms with Crippen molar-refractivity contribution in [3.63, 3.8) is 0 Å². The Morgan fingerprint density at radius 3 is 2.36 bits per heavy atom. The summed E-state index contributed by atoms with van der Waals surface area (Å²) < 4.78 is 7.47. The van der Waals surface area contributed by atoms with Crippen molar-refractivity contribution in [1.82, 2.24) is 0 Å². The summed E-state index contributed by atoms with van der Waals surface area (Å²) in [6, 6.07) is 12.4. The summed E-state index contributed by atoms with van der Waals surface area (Å²) in [6.45, 7) is 3.42. The zero-order valence-corrected chi connectivity index (χ0v) is 15.9. The highest BCUT2D eigenvalue weighted by molar-refractivity contribution is 9.11. The van der Waals surface area contributed by atoms with Gasteiger partial charge in [-0.3, -0.25) is 4.79 Å². The lowest BCUT2D eigenvalue weighted by Gasteiger charge is -2.25. The number of anilines is 1. The fourth-order valence-corrected chi connectivity index (χ4v) is 2.98. The average molecular weight is 448 g/mol. The second-order valence-corrected chi connectivity index (χ2v) is 7.35. The molecule has 6 heteroatoms. The summed E-state index contributed by atoms with van der Waals surface area (Å²) in [5, 5.41) is 3.47. The monoisotopic (exact) mass is 445 g/mol. The van der Waals surface area contributed by atoms with Gasteiger partial charge < -0.3 is 10.1 Å². The normalized spacial score (nSPS) is 11.1. The summed E-state index contributed by atoms with van der Waals surface area (Å²) >= 11 is 12.6. The summed E-state index contributed by atoms with van der Waals surface area (Å²) in [5.74, 6) is 0.338. The van der Waals surface area contributed by atoms with Gasteiger partial charge in [-0.05, 0) is 72.2 Å². The van der Waals surface area contributed by atoms with E-state index in [4.69, 9.17) is 16.3 Å². The summed E-state index contributed by atoms with van der Waals surface area (Å²) in [4.78, 5) is 12.4. The number of hydrogen-bond acceptors (Lipinski definition) is 2. The number of rotatable bonds is 4. The van der Waals surface area contributed by atoms with Crippen molar-refractivity contribution in [2.24, 2.45) is 0 Å². The van der Waals surface area contributed by atoms with Crippen molar-refractivity contribution in [3.8, 4) is 5.75 Å². The van der Waals surface area contributed by atoms with Crippen molar-refractivity contribution < 1.29 is 9.53 Å². The largest absolute Gasteiger partial charge is 0.478 e. The van der Waals surface area contributed by atoms with Crippen LogP contribution >= 0.6 is 43.5 Å². The lowest BCUT2D eigenvalue weighted by molar-refractivity contribution is -0.128. The van der Waals surface area contributed by atoms with Crippen LogP contribution in [0.15, 0.2) is 51.4 Å². The highest BCUT2D eigenvalue weighted by atomic mass is 79.9. The van der Waals surface area contributed by atoms with Gasteiger partial charge in [-0.25, -0.2) is 0 Å². The summed E-state index contributed by atoms with van der Waals surface area (Å²) in [7, 11) is 0. The highest BCUT2D eigenvalue weighted by Gasteiger charge is 2.30. The number of benzene rings is 2. The summed E-state index contributed by atoms with van der Waals surface area (Å²) in [5.41, 5.74) is -0.346. The van der Waals surface area contributed by atoms with Crippen LogP contribution in [0.5, 0.6) is 5.75 Å². The first-order valence-corrected chi connectivity index (χ1v) is 8.45. The first-order chi connectivity index (χ1) is 10.3. The topological polar surface area (TPSA) is 38.3 Å². The molecule has 0 spiro atoms. The van der Waals surface area contributed by atoms with Crippen LogP contribution < -0.4 is 10.1 Å².